The highest BCUT2D eigenvalue weighted by molar-refractivity contribution is 5.81. The first-order valence-electron chi connectivity index (χ1n) is 11.5. The molecule has 32 heavy (non-hydrogen) atoms. The normalized spacial score (nSPS) is 11.5. The van der Waals surface area contributed by atoms with Crippen LogP contribution in [0.3, 0.4) is 0 Å². The van der Waals surface area contributed by atoms with Gasteiger partial charge in [0, 0.05) is 31.3 Å². The standard InChI is InChI=1S/C24H35N7O/c1-8-18(9-2)31-24-22(16(6)30-31)29-21(15(5)27-24)19-10-11-20(14(3)4)28-23(19)26-13-12-25-17(7)32/h10-11,14,18H,8-9,12-13H2,1-7H3,(H,25,32)(H,26,28). The number of carbonyl (C=O) groups is 1. The highest BCUT2D eigenvalue weighted by Gasteiger charge is 2.20. The van der Waals surface area contributed by atoms with E-state index in [1.54, 1.807) is 0 Å². The van der Waals surface area contributed by atoms with Crippen molar-refractivity contribution in [3.8, 4) is 11.3 Å². The molecule has 0 aliphatic heterocycles. The summed E-state index contributed by atoms with van der Waals surface area (Å²) in [4.78, 5) is 26.0. The van der Waals surface area contributed by atoms with Crippen LogP contribution in [0, 0.1) is 13.8 Å². The maximum Gasteiger partial charge on any atom is 0.216 e. The van der Waals surface area contributed by atoms with Gasteiger partial charge in [-0.05, 0) is 44.7 Å². The average molecular weight is 438 g/mol. The maximum absolute atomic E-state index is 11.2. The van der Waals surface area contributed by atoms with Crippen molar-refractivity contribution in [2.45, 2.75) is 73.3 Å². The Morgan fingerprint density at radius 3 is 2.38 bits per heavy atom. The zero-order chi connectivity index (χ0) is 23.4. The molecule has 0 spiro atoms. The lowest BCUT2D eigenvalue weighted by Gasteiger charge is -2.16. The van der Waals surface area contributed by atoms with Crippen LogP contribution in [0.15, 0.2) is 12.1 Å². The number of aryl methyl sites for hydroxylation is 2. The van der Waals surface area contributed by atoms with E-state index in [2.05, 4.69) is 44.4 Å². The fraction of sp³-hybridized carbons (Fsp3) is 0.542. The number of nitrogens with zero attached hydrogens (tertiary/aromatic N) is 5. The molecule has 3 aromatic heterocycles. The number of aromatic nitrogens is 5. The molecule has 0 aliphatic rings. The van der Waals surface area contributed by atoms with Crippen molar-refractivity contribution in [3.05, 3.63) is 29.2 Å². The Hall–Kier alpha value is -3.03. The molecule has 0 aromatic carbocycles. The summed E-state index contributed by atoms with van der Waals surface area (Å²) >= 11 is 0. The zero-order valence-electron chi connectivity index (χ0n) is 20.3. The zero-order valence-corrected chi connectivity index (χ0v) is 20.3. The van der Waals surface area contributed by atoms with Gasteiger partial charge in [-0.1, -0.05) is 27.7 Å². The van der Waals surface area contributed by atoms with Crippen LogP contribution < -0.4 is 10.6 Å². The quantitative estimate of drug-likeness (QED) is 0.477. The summed E-state index contributed by atoms with van der Waals surface area (Å²) in [7, 11) is 0. The van der Waals surface area contributed by atoms with Gasteiger partial charge in [0.05, 0.1) is 23.1 Å². The van der Waals surface area contributed by atoms with Gasteiger partial charge in [-0.3, -0.25) is 4.79 Å². The van der Waals surface area contributed by atoms with Gasteiger partial charge >= 0.3 is 0 Å². The third-order valence-corrected chi connectivity index (χ3v) is 5.71. The predicted molar refractivity (Wildman–Crippen MR) is 129 cm³/mol. The van der Waals surface area contributed by atoms with Gasteiger partial charge in [0.15, 0.2) is 5.65 Å². The van der Waals surface area contributed by atoms with Crippen LogP contribution in [0.5, 0.6) is 0 Å². The molecule has 0 radical (unpaired) electrons. The molecule has 3 heterocycles. The van der Waals surface area contributed by atoms with Gasteiger partial charge < -0.3 is 10.6 Å². The van der Waals surface area contributed by atoms with Crippen LogP contribution in [-0.2, 0) is 4.79 Å². The Morgan fingerprint density at radius 1 is 1.03 bits per heavy atom. The first-order valence-corrected chi connectivity index (χ1v) is 11.5. The molecule has 8 heteroatoms. The highest BCUT2D eigenvalue weighted by Crippen LogP contribution is 2.32. The summed E-state index contributed by atoms with van der Waals surface area (Å²) in [5, 5.41) is 11.0. The molecular formula is C24H35N7O. The summed E-state index contributed by atoms with van der Waals surface area (Å²) < 4.78 is 2.03. The monoisotopic (exact) mass is 437 g/mol. The lowest BCUT2D eigenvalue weighted by Crippen LogP contribution is -2.26. The van der Waals surface area contributed by atoms with Crippen LogP contribution in [0.25, 0.3) is 22.4 Å². The van der Waals surface area contributed by atoms with Crippen molar-refractivity contribution in [2.24, 2.45) is 0 Å². The van der Waals surface area contributed by atoms with Gasteiger partial charge in [-0.25, -0.2) is 19.6 Å². The SMILES string of the molecule is CCC(CC)n1nc(C)c2nc(-c3ccc(C(C)C)nc3NCCNC(C)=O)c(C)nc21. The van der Waals surface area contributed by atoms with E-state index in [9.17, 15) is 4.79 Å². The summed E-state index contributed by atoms with van der Waals surface area (Å²) in [6.07, 6.45) is 2.00. The molecule has 0 unspecified atom stereocenters. The van der Waals surface area contributed by atoms with Crippen molar-refractivity contribution >= 4 is 22.9 Å². The molecular weight excluding hydrogens is 402 g/mol. The molecule has 172 valence electrons. The Balaban J connectivity index is 2.07. The Kier molecular flexibility index (Phi) is 7.43. The molecule has 8 nitrogen and oxygen atoms in total. The number of nitrogens with one attached hydrogen (secondary N) is 2. The molecule has 3 rings (SSSR count). The van der Waals surface area contributed by atoms with E-state index in [4.69, 9.17) is 20.1 Å². The van der Waals surface area contributed by atoms with Crippen LogP contribution in [0.4, 0.5) is 5.82 Å². The largest absolute Gasteiger partial charge is 0.368 e. The summed E-state index contributed by atoms with van der Waals surface area (Å²) in [6, 6.07) is 4.42. The first-order chi connectivity index (χ1) is 15.3. The van der Waals surface area contributed by atoms with Crippen LogP contribution >= 0.6 is 0 Å². The Labute approximate surface area is 190 Å². The molecule has 0 saturated heterocycles. The van der Waals surface area contributed by atoms with E-state index in [-0.39, 0.29) is 5.91 Å². The average Bonchev–Trinajstić information content (AvgIpc) is 3.06. The number of anilines is 1. The van der Waals surface area contributed by atoms with E-state index >= 15 is 0 Å². The van der Waals surface area contributed by atoms with Gasteiger partial charge in [0.1, 0.15) is 11.3 Å². The number of fused-ring (bicyclic) bond motifs is 1. The van der Waals surface area contributed by atoms with Crippen molar-refractivity contribution in [1.82, 2.24) is 30.0 Å². The molecule has 2 N–H and O–H groups in total. The minimum Gasteiger partial charge on any atom is -0.368 e. The molecule has 0 saturated carbocycles. The van der Waals surface area contributed by atoms with Crippen molar-refractivity contribution in [2.75, 3.05) is 18.4 Å². The second-order valence-corrected chi connectivity index (χ2v) is 8.53. The maximum atomic E-state index is 11.2. The highest BCUT2D eigenvalue weighted by atomic mass is 16.1. The third-order valence-electron chi connectivity index (χ3n) is 5.71. The molecule has 0 atom stereocenters. The summed E-state index contributed by atoms with van der Waals surface area (Å²) in [5.74, 6) is 1.01. The second kappa shape index (κ2) is 10.1. The topological polar surface area (TPSA) is 97.6 Å². The fourth-order valence-electron chi connectivity index (χ4n) is 3.85. The van der Waals surface area contributed by atoms with E-state index in [0.717, 1.165) is 58.2 Å². The summed E-state index contributed by atoms with van der Waals surface area (Å²) in [6.45, 7) is 15.2. The van der Waals surface area contributed by atoms with Crippen LogP contribution in [-0.4, -0.2) is 43.7 Å². The number of pyridine rings is 1. The van der Waals surface area contributed by atoms with Gasteiger partial charge in [-0.15, -0.1) is 0 Å². The second-order valence-electron chi connectivity index (χ2n) is 8.53. The van der Waals surface area contributed by atoms with Gasteiger partial charge in [0.2, 0.25) is 5.91 Å². The van der Waals surface area contributed by atoms with Crippen LogP contribution in [0.2, 0.25) is 0 Å². The van der Waals surface area contributed by atoms with Crippen molar-refractivity contribution in [3.63, 3.8) is 0 Å². The Morgan fingerprint density at radius 2 is 1.75 bits per heavy atom. The smallest absolute Gasteiger partial charge is 0.216 e. The molecule has 0 bridgehead atoms. The number of amides is 1. The van der Waals surface area contributed by atoms with Crippen molar-refractivity contribution < 1.29 is 4.79 Å². The summed E-state index contributed by atoms with van der Waals surface area (Å²) in [5.41, 5.74) is 6.09. The predicted octanol–water partition coefficient (Wildman–Crippen LogP) is 4.54. The minimum absolute atomic E-state index is 0.0481. The molecule has 0 fully saturated rings. The molecule has 3 aromatic rings. The van der Waals surface area contributed by atoms with E-state index in [1.165, 1.54) is 6.92 Å². The first kappa shape index (κ1) is 23.6. The van der Waals surface area contributed by atoms with E-state index in [1.807, 2.05) is 24.6 Å². The third kappa shape index (κ3) is 4.89. The van der Waals surface area contributed by atoms with Gasteiger partial charge in [-0.2, -0.15) is 5.10 Å². The Bertz CT molecular complexity index is 1100. The minimum atomic E-state index is -0.0481. The van der Waals surface area contributed by atoms with Crippen molar-refractivity contribution in [1.29, 1.82) is 0 Å². The number of carbonyl (C=O) groups excluding carboxylic acids is 1. The molecule has 1 amide bonds. The molecule has 0 aliphatic carbocycles. The lowest BCUT2D eigenvalue weighted by atomic mass is 10.1. The van der Waals surface area contributed by atoms with Gasteiger partial charge in [0.25, 0.3) is 0 Å². The van der Waals surface area contributed by atoms with Crippen LogP contribution in [0.1, 0.15) is 76.5 Å². The van der Waals surface area contributed by atoms with E-state index in [0.29, 0.717) is 25.0 Å². The van der Waals surface area contributed by atoms with E-state index < -0.39 is 0 Å². The number of hydrogen-bond donors (Lipinski definition) is 2. The number of rotatable bonds is 9. The fourth-order valence-corrected chi connectivity index (χ4v) is 3.85. The number of hydrogen-bond acceptors (Lipinski definition) is 6. The lowest BCUT2D eigenvalue weighted by molar-refractivity contribution is -0.118.